The molecule has 18 heavy (non-hydrogen) atoms. The lowest BCUT2D eigenvalue weighted by Gasteiger charge is -2.26. The van der Waals surface area contributed by atoms with Gasteiger partial charge >= 0.3 is 0 Å². The summed E-state index contributed by atoms with van der Waals surface area (Å²) in [7, 11) is 2.08. The topological polar surface area (TPSA) is 12.0 Å². The third-order valence-corrected chi connectivity index (χ3v) is 4.01. The van der Waals surface area contributed by atoms with Crippen LogP contribution in [0.15, 0.2) is 24.3 Å². The Morgan fingerprint density at radius 3 is 2.33 bits per heavy atom. The van der Waals surface area contributed by atoms with Crippen LogP contribution < -0.4 is 5.32 Å². The molecule has 1 N–H and O–H groups in total. The molecule has 2 unspecified atom stereocenters. The van der Waals surface area contributed by atoms with Crippen LogP contribution in [0.5, 0.6) is 0 Å². The molecule has 0 fully saturated rings. The summed E-state index contributed by atoms with van der Waals surface area (Å²) >= 11 is 5.92. The molecule has 1 aromatic rings. The summed E-state index contributed by atoms with van der Waals surface area (Å²) in [5.41, 5.74) is 1.37. The third-order valence-electron chi connectivity index (χ3n) is 3.76. The molecule has 2 heteroatoms. The number of nitrogens with one attached hydrogen (secondary N) is 1. The average Bonchev–Trinajstić information content (AvgIpc) is 2.40. The first-order valence-electron chi connectivity index (χ1n) is 7.12. The number of hydrogen-bond donors (Lipinski definition) is 1. The normalized spacial score (nSPS) is 14.4. The second kappa shape index (κ2) is 8.55. The van der Waals surface area contributed by atoms with Crippen molar-refractivity contribution in [3.63, 3.8) is 0 Å². The second-order valence-electron chi connectivity index (χ2n) is 5.04. The zero-order valence-corrected chi connectivity index (χ0v) is 12.6. The predicted octanol–water partition coefficient (Wildman–Crippen LogP) is 4.69. The van der Waals surface area contributed by atoms with Crippen LogP contribution in [0.3, 0.4) is 0 Å². The van der Waals surface area contributed by atoms with Gasteiger partial charge in [-0.25, -0.2) is 0 Å². The largest absolute Gasteiger partial charge is 0.316 e. The van der Waals surface area contributed by atoms with E-state index in [1.165, 1.54) is 31.2 Å². The van der Waals surface area contributed by atoms with Gasteiger partial charge in [0.1, 0.15) is 0 Å². The molecule has 0 amide bonds. The summed E-state index contributed by atoms with van der Waals surface area (Å²) < 4.78 is 0. The van der Waals surface area contributed by atoms with Gasteiger partial charge in [0, 0.05) is 11.1 Å². The zero-order chi connectivity index (χ0) is 13.4. The molecule has 0 saturated heterocycles. The molecule has 0 aliphatic rings. The Morgan fingerprint density at radius 1 is 1.17 bits per heavy atom. The number of hydrogen-bond acceptors (Lipinski definition) is 1. The zero-order valence-electron chi connectivity index (χ0n) is 11.9. The maximum atomic E-state index is 5.92. The van der Waals surface area contributed by atoms with Crippen LogP contribution in [-0.2, 0) is 6.42 Å². The van der Waals surface area contributed by atoms with E-state index in [1.54, 1.807) is 0 Å². The molecule has 0 aliphatic carbocycles. The summed E-state index contributed by atoms with van der Waals surface area (Å²) in [6.45, 7) is 4.56. The van der Waals surface area contributed by atoms with Gasteiger partial charge in [0.15, 0.2) is 0 Å². The second-order valence-corrected chi connectivity index (χ2v) is 5.47. The van der Waals surface area contributed by atoms with E-state index in [0.717, 1.165) is 17.4 Å². The summed E-state index contributed by atoms with van der Waals surface area (Å²) in [5.74, 6) is 0.769. The van der Waals surface area contributed by atoms with E-state index in [4.69, 9.17) is 11.6 Å². The quantitative estimate of drug-likeness (QED) is 0.721. The molecule has 1 rings (SSSR count). The van der Waals surface area contributed by atoms with Crippen molar-refractivity contribution in [2.45, 2.75) is 52.0 Å². The van der Waals surface area contributed by atoms with Crippen LogP contribution in [0.25, 0.3) is 0 Å². The van der Waals surface area contributed by atoms with Crippen molar-refractivity contribution in [3.05, 3.63) is 34.9 Å². The van der Waals surface area contributed by atoms with Gasteiger partial charge in [-0.15, -0.1) is 0 Å². The summed E-state index contributed by atoms with van der Waals surface area (Å²) in [6.07, 6.45) is 6.28. The number of rotatable bonds is 8. The highest BCUT2D eigenvalue weighted by Crippen LogP contribution is 2.20. The molecular formula is C16H26ClN. The number of likely N-dealkylation sites (N-methyl/N-ethyl adjacent to an activating group) is 1. The molecule has 0 aromatic heterocycles. The SMILES string of the molecule is CCCCC(CC)C(Cc1ccc(Cl)cc1)NC. The lowest BCUT2D eigenvalue weighted by atomic mass is 9.87. The molecule has 1 aromatic carbocycles. The Hall–Kier alpha value is -0.530. The molecule has 0 bridgehead atoms. The van der Waals surface area contributed by atoms with Crippen molar-refractivity contribution >= 4 is 11.6 Å². The minimum absolute atomic E-state index is 0.572. The van der Waals surface area contributed by atoms with E-state index < -0.39 is 0 Å². The Morgan fingerprint density at radius 2 is 1.83 bits per heavy atom. The van der Waals surface area contributed by atoms with Crippen molar-refractivity contribution in [1.29, 1.82) is 0 Å². The van der Waals surface area contributed by atoms with Crippen LogP contribution in [-0.4, -0.2) is 13.1 Å². The van der Waals surface area contributed by atoms with Gasteiger partial charge in [0.05, 0.1) is 0 Å². The highest BCUT2D eigenvalue weighted by molar-refractivity contribution is 6.30. The fourth-order valence-electron chi connectivity index (χ4n) is 2.53. The number of benzene rings is 1. The Balaban J connectivity index is 2.61. The summed E-state index contributed by atoms with van der Waals surface area (Å²) in [6, 6.07) is 8.81. The lowest BCUT2D eigenvalue weighted by Crippen LogP contribution is -2.35. The highest BCUT2D eigenvalue weighted by atomic mass is 35.5. The van der Waals surface area contributed by atoms with Crippen LogP contribution in [0.4, 0.5) is 0 Å². The van der Waals surface area contributed by atoms with E-state index in [2.05, 4.69) is 38.3 Å². The van der Waals surface area contributed by atoms with Crippen LogP contribution in [0.1, 0.15) is 45.1 Å². The maximum Gasteiger partial charge on any atom is 0.0406 e. The first-order chi connectivity index (χ1) is 8.71. The number of unbranched alkanes of at least 4 members (excludes halogenated alkanes) is 1. The molecule has 2 atom stereocenters. The van der Waals surface area contributed by atoms with Crippen molar-refractivity contribution in [2.75, 3.05) is 7.05 Å². The predicted molar refractivity (Wildman–Crippen MR) is 81.3 cm³/mol. The molecule has 102 valence electrons. The Labute approximate surface area is 117 Å². The van der Waals surface area contributed by atoms with Gasteiger partial charge in [-0.2, -0.15) is 0 Å². The van der Waals surface area contributed by atoms with Crippen molar-refractivity contribution in [2.24, 2.45) is 5.92 Å². The molecule has 1 nitrogen and oxygen atoms in total. The Bertz CT molecular complexity index is 320. The van der Waals surface area contributed by atoms with Crippen LogP contribution >= 0.6 is 11.6 Å². The van der Waals surface area contributed by atoms with Crippen LogP contribution in [0, 0.1) is 5.92 Å². The number of halogens is 1. The van der Waals surface area contributed by atoms with Crippen molar-refractivity contribution < 1.29 is 0 Å². The molecule has 0 heterocycles. The minimum atomic E-state index is 0.572. The molecule has 0 saturated carbocycles. The van der Waals surface area contributed by atoms with Gasteiger partial charge in [-0.3, -0.25) is 0 Å². The molecule has 0 aliphatic heterocycles. The van der Waals surface area contributed by atoms with Gasteiger partial charge in [-0.05, 0) is 43.5 Å². The van der Waals surface area contributed by atoms with Crippen molar-refractivity contribution in [3.8, 4) is 0 Å². The summed E-state index contributed by atoms with van der Waals surface area (Å²) in [4.78, 5) is 0. The van der Waals surface area contributed by atoms with Crippen LogP contribution in [0.2, 0.25) is 5.02 Å². The first kappa shape index (κ1) is 15.5. The molecular weight excluding hydrogens is 242 g/mol. The van der Waals surface area contributed by atoms with E-state index >= 15 is 0 Å². The van der Waals surface area contributed by atoms with E-state index in [0.29, 0.717) is 6.04 Å². The van der Waals surface area contributed by atoms with Gasteiger partial charge in [0.2, 0.25) is 0 Å². The lowest BCUT2D eigenvalue weighted by molar-refractivity contribution is 0.330. The summed E-state index contributed by atoms with van der Waals surface area (Å²) in [5, 5.41) is 4.31. The fraction of sp³-hybridized carbons (Fsp3) is 0.625. The smallest absolute Gasteiger partial charge is 0.0406 e. The van der Waals surface area contributed by atoms with E-state index in [1.807, 2.05) is 12.1 Å². The third kappa shape index (κ3) is 4.99. The Kier molecular flexibility index (Phi) is 7.38. The first-order valence-corrected chi connectivity index (χ1v) is 7.50. The van der Waals surface area contributed by atoms with Crippen molar-refractivity contribution in [1.82, 2.24) is 5.32 Å². The van der Waals surface area contributed by atoms with Gasteiger partial charge < -0.3 is 5.32 Å². The van der Waals surface area contributed by atoms with Gasteiger partial charge in [-0.1, -0.05) is 56.8 Å². The monoisotopic (exact) mass is 267 g/mol. The molecule has 0 radical (unpaired) electrons. The fourth-order valence-corrected chi connectivity index (χ4v) is 2.66. The highest BCUT2D eigenvalue weighted by Gasteiger charge is 2.18. The minimum Gasteiger partial charge on any atom is -0.316 e. The maximum absolute atomic E-state index is 5.92. The average molecular weight is 268 g/mol. The molecule has 0 spiro atoms. The van der Waals surface area contributed by atoms with Gasteiger partial charge in [0.25, 0.3) is 0 Å². The van der Waals surface area contributed by atoms with E-state index in [9.17, 15) is 0 Å². The standard InChI is InChI=1S/C16H26ClN/c1-4-6-7-14(5-2)16(18-3)12-13-8-10-15(17)11-9-13/h8-11,14,16,18H,4-7,12H2,1-3H3. The van der Waals surface area contributed by atoms with E-state index in [-0.39, 0.29) is 0 Å².